The van der Waals surface area contributed by atoms with Crippen molar-refractivity contribution in [2.75, 3.05) is 13.1 Å². The molecular weight excluding hydrogens is 256 g/mol. The van der Waals surface area contributed by atoms with E-state index in [2.05, 4.69) is 37.9 Å². The fourth-order valence-corrected chi connectivity index (χ4v) is 4.75. The van der Waals surface area contributed by atoms with Crippen molar-refractivity contribution in [3.05, 3.63) is 0 Å². The molecule has 124 valence electrons. The first-order valence-corrected chi connectivity index (χ1v) is 9.64. The predicted molar refractivity (Wildman–Crippen MR) is 92.7 cm³/mol. The minimum Gasteiger partial charge on any atom is -0.312 e. The Labute approximate surface area is 133 Å². The van der Waals surface area contributed by atoms with Crippen LogP contribution in [0.4, 0.5) is 0 Å². The molecule has 0 radical (unpaired) electrons. The molecule has 1 aliphatic heterocycles. The van der Waals surface area contributed by atoms with Crippen LogP contribution in [-0.2, 0) is 0 Å². The van der Waals surface area contributed by atoms with Crippen LogP contribution in [0.15, 0.2) is 0 Å². The van der Waals surface area contributed by atoms with Gasteiger partial charge < -0.3 is 5.32 Å². The summed E-state index contributed by atoms with van der Waals surface area (Å²) >= 11 is 0. The highest BCUT2D eigenvalue weighted by atomic mass is 15.2. The molecule has 1 saturated carbocycles. The largest absolute Gasteiger partial charge is 0.312 e. The van der Waals surface area contributed by atoms with Crippen molar-refractivity contribution in [3.8, 4) is 0 Å². The molecule has 1 saturated heterocycles. The van der Waals surface area contributed by atoms with Gasteiger partial charge in [0.15, 0.2) is 0 Å². The van der Waals surface area contributed by atoms with Crippen LogP contribution in [-0.4, -0.2) is 36.1 Å². The second kappa shape index (κ2) is 8.53. The molecule has 5 unspecified atom stereocenters. The van der Waals surface area contributed by atoms with Gasteiger partial charge in [-0.25, -0.2) is 0 Å². The van der Waals surface area contributed by atoms with Gasteiger partial charge in [-0.3, -0.25) is 4.90 Å². The van der Waals surface area contributed by atoms with Crippen LogP contribution in [0.5, 0.6) is 0 Å². The minimum absolute atomic E-state index is 0.744. The monoisotopic (exact) mass is 294 g/mol. The molecule has 2 rings (SSSR count). The number of likely N-dealkylation sites (tertiary alicyclic amines) is 1. The number of piperidine rings is 1. The van der Waals surface area contributed by atoms with E-state index in [-0.39, 0.29) is 0 Å². The molecule has 0 aromatic heterocycles. The second-order valence-electron chi connectivity index (χ2n) is 7.81. The standard InChI is InChI=1S/C19H38N2/c1-5-7-17-8-9-18(20-11-6-2)19(14-17)21-12-10-15(3)13-16(21)4/h15-20H,5-14H2,1-4H3. The van der Waals surface area contributed by atoms with Gasteiger partial charge in [0.25, 0.3) is 0 Å². The Morgan fingerprint density at radius 2 is 1.81 bits per heavy atom. The molecule has 0 bridgehead atoms. The molecule has 2 nitrogen and oxygen atoms in total. The smallest absolute Gasteiger partial charge is 0.0254 e. The average molecular weight is 295 g/mol. The van der Waals surface area contributed by atoms with Crippen LogP contribution in [0.1, 0.15) is 79.1 Å². The van der Waals surface area contributed by atoms with E-state index < -0.39 is 0 Å². The van der Waals surface area contributed by atoms with Gasteiger partial charge in [-0.2, -0.15) is 0 Å². The summed E-state index contributed by atoms with van der Waals surface area (Å²) in [4.78, 5) is 2.87. The highest BCUT2D eigenvalue weighted by molar-refractivity contribution is 4.94. The van der Waals surface area contributed by atoms with Gasteiger partial charge in [0, 0.05) is 18.1 Å². The number of rotatable bonds is 6. The average Bonchev–Trinajstić information content (AvgIpc) is 2.46. The molecule has 2 fully saturated rings. The van der Waals surface area contributed by atoms with Crippen molar-refractivity contribution >= 4 is 0 Å². The van der Waals surface area contributed by atoms with Crippen molar-refractivity contribution in [1.29, 1.82) is 0 Å². The van der Waals surface area contributed by atoms with Gasteiger partial charge in [-0.1, -0.05) is 33.6 Å². The normalized spacial score (nSPS) is 38.6. The van der Waals surface area contributed by atoms with Crippen molar-refractivity contribution in [2.45, 2.75) is 97.2 Å². The van der Waals surface area contributed by atoms with Crippen LogP contribution >= 0.6 is 0 Å². The summed E-state index contributed by atoms with van der Waals surface area (Å²) in [5.74, 6) is 1.90. The fourth-order valence-electron chi connectivity index (χ4n) is 4.75. The van der Waals surface area contributed by atoms with Crippen LogP contribution in [0.3, 0.4) is 0 Å². The summed E-state index contributed by atoms with van der Waals surface area (Å²) in [5, 5.41) is 3.87. The number of nitrogens with one attached hydrogen (secondary N) is 1. The van der Waals surface area contributed by atoms with Gasteiger partial charge in [0.05, 0.1) is 0 Å². The van der Waals surface area contributed by atoms with Gasteiger partial charge >= 0.3 is 0 Å². The molecule has 1 N–H and O–H groups in total. The predicted octanol–water partition coefficient (Wildman–Crippen LogP) is 4.44. The van der Waals surface area contributed by atoms with E-state index in [1.165, 1.54) is 64.5 Å². The lowest BCUT2D eigenvalue weighted by Crippen LogP contribution is -2.57. The molecule has 2 aliphatic rings. The molecule has 1 heterocycles. The Balaban J connectivity index is 2.01. The summed E-state index contributed by atoms with van der Waals surface area (Å²) < 4.78 is 0. The quantitative estimate of drug-likeness (QED) is 0.779. The fraction of sp³-hybridized carbons (Fsp3) is 1.00. The second-order valence-corrected chi connectivity index (χ2v) is 7.81. The third kappa shape index (κ3) is 4.69. The lowest BCUT2D eigenvalue weighted by Gasteiger charge is -2.48. The first-order chi connectivity index (χ1) is 10.2. The van der Waals surface area contributed by atoms with Crippen LogP contribution in [0, 0.1) is 11.8 Å². The van der Waals surface area contributed by atoms with Crippen LogP contribution in [0.2, 0.25) is 0 Å². The zero-order valence-electron chi connectivity index (χ0n) is 14.9. The molecule has 2 heteroatoms. The summed E-state index contributed by atoms with van der Waals surface area (Å²) in [5.41, 5.74) is 0. The number of hydrogen-bond acceptors (Lipinski definition) is 2. The Bertz CT molecular complexity index is 291. The van der Waals surface area contributed by atoms with Gasteiger partial charge in [0.2, 0.25) is 0 Å². The maximum absolute atomic E-state index is 3.87. The van der Waals surface area contributed by atoms with Crippen LogP contribution in [0.25, 0.3) is 0 Å². The van der Waals surface area contributed by atoms with E-state index in [1.54, 1.807) is 0 Å². The van der Waals surface area contributed by atoms with Gasteiger partial charge in [0.1, 0.15) is 0 Å². The SMILES string of the molecule is CCCNC1CCC(CCC)CC1N1CCC(C)CC1C. The summed E-state index contributed by atoms with van der Waals surface area (Å²) in [6, 6.07) is 2.32. The molecule has 0 aromatic rings. The lowest BCUT2D eigenvalue weighted by molar-refractivity contribution is 0.0290. The Morgan fingerprint density at radius 3 is 2.48 bits per heavy atom. The van der Waals surface area contributed by atoms with Crippen molar-refractivity contribution < 1.29 is 0 Å². The first kappa shape index (κ1) is 17.3. The zero-order valence-corrected chi connectivity index (χ0v) is 14.9. The van der Waals surface area contributed by atoms with Gasteiger partial charge in [-0.05, 0) is 70.4 Å². The van der Waals surface area contributed by atoms with E-state index in [0.29, 0.717) is 0 Å². The summed E-state index contributed by atoms with van der Waals surface area (Å²) in [6.45, 7) is 12.1. The van der Waals surface area contributed by atoms with E-state index in [4.69, 9.17) is 0 Å². The minimum atomic E-state index is 0.744. The van der Waals surface area contributed by atoms with E-state index >= 15 is 0 Å². The molecular formula is C19H38N2. The van der Waals surface area contributed by atoms with E-state index in [1.807, 2.05) is 0 Å². The Hall–Kier alpha value is -0.0800. The zero-order chi connectivity index (χ0) is 15.2. The topological polar surface area (TPSA) is 15.3 Å². The van der Waals surface area contributed by atoms with E-state index in [0.717, 1.165) is 30.0 Å². The molecule has 0 amide bonds. The van der Waals surface area contributed by atoms with Crippen molar-refractivity contribution in [2.24, 2.45) is 11.8 Å². The Morgan fingerprint density at radius 1 is 1.00 bits per heavy atom. The summed E-state index contributed by atoms with van der Waals surface area (Å²) in [7, 11) is 0. The molecule has 0 aromatic carbocycles. The highest BCUT2D eigenvalue weighted by Gasteiger charge is 2.37. The Kier molecular flexibility index (Phi) is 7.01. The maximum Gasteiger partial charge on any atom is 0.0254 e. The van der Waals surface area contributed by atoms with Crippen molar-refractivity contribution in [1.82, 2.24) is 10.2 Å². The molecule has 5 atom stereocenters. The third-order valence-electron chi connectivity index (χ3n) is 5.89. The first-order valence-electron chi connectivity index (χ1n) is 9.64. The number of hydrogen-bond donors (Lipinski definition) is 1. The lowest BCUT2D eigenvalue weighted by atomic mass is 9.78. The van der Waals surface area contributed by atoms with Crippen molar-refractivity contribution in [3.63, 3.8) is 0 Å². The molecule has 0 spiro atoms. The summed E-state index contributed by atoms with van der Waals surface area (Å²) in [6.07, 6.45) is 11.1. The third-order valence-corrected chi connectivity index (χ3v) is 5.89. The molecule has 1 aliphatic carbocycles. The van der Waals surface area contributed by atoms with Crippen LogP contribution < -0.4 is 5.32 Å². The highest BCUT2D eigenvalue weighted by Crippen LogP contribution is 2.35. The number of nitrogens with zero attached hydrogens (tertiary/aromatic N) is 1. The molecule has 21 heavy (non-hydrogen) atoms. The van der Waals surface area contributed by atoms with E-state index in [9.17, 15) is 0 Å². The maximum atomic E-state index is 3.87. The van der Waals surface area contributed by atoms with Gasteiger partial charge in [-0.15, -0.1) is 0 Å².